The minimum Gasteiger partial charge on any atom is -0.382 e. The number of halogens is 6. The number of piperazine rings is 1. The molecule has 12 heteroatoms. The summed E-state index contributed by atoms with van der Waals surface area (Å²) in [5, 5.41) is 3.21. The first kappa shape index (κ1) is 30.4. The highest BCUT2D eigenvalue weighted by molar-refractivity contribution is 7.98. The van der Waals surface area contributed by atoms with Crippen molar-refractivity contribution in [1.82, 2.24) is 9.80 Å². The lowest BCUT2D eigenvalue weighted by Crippen LogP contribution is -2.47. The third kappa shape index (κ3) is 7.99. The Morgan fingerprint density at radius 1 is 0.900 bits per heavy atom. The van der Waals surface area contributed by atoms with Crippen molar-refractivity contribution in [2.24, 2.45) is 0 Å². The second-order valence-corrected chi connectivity index (χ2v) is 11.0. The third-order valence-electron chi connectivity index (χ3n) is 7.52. The van der Waals surface area contributed by atoms with Crippen LogP contribution < -0.4 is 10.2 Å². The van der Waals surface area contributed by atoms with Gasteiger partial charge in [0.25, 0.3) is 0 Å². The molecule has 0 spiro atoms. The summed E-state index contributed by atoms with van der Waals surface area (Å²) in [5.41, 5.74) is -0.0778. The molecule has 0 unspecified atom stereocenters. The van der Waals surface area contributed by atoms with Gasteiger partial charge in [0.2, 0.25) is 5.91 Å². The van der Waals surface area contributed by atoms with Gasteiger partial charge in [0.1, 0.15) is 0 Å². The number of amides is 1. The molecule has 0 bridgehead atoms. The second kappa shape index (κ2) is 12.9. The largest absolute Gasteiger partial charge is 0.417 e. The van der Waals surface area contributed by atoms with Crippen molar-refractivity contribution in [2.75, 3.05) is 62.3 Å². The number of rotatable bonds is 8. The number of nitrogens with one attached hydrogen (secondary N) is 1. The lowest BCUT2D eigenvalue weighted by atomic mass is 10.0. The van der Waals surface area contributed by atoms with Crippen molar-refractivity contribution in [1.29, 1.82) is 0 Å². The zero-order valence-electron chi connectivity index (χ0n) is 22.3. The van der Waals surface area contributed by atoms with Crippen molar-refractivity contribution < 1.29 is 31.1 Å². The van der Waals surface area contributed by atoms with Crippen LogP contribution in [0.25, 0.3) is 0 Å². The van der Waals surface area contributed by atoms with E-state index in [1.165, 1.54) is 18.2 Å². The summed E-state index contributed by atoms with van der Waals surface area (Å²) in [6, 6.07) is 9.56. The Balaban J connectivity index is 1.15. The van der Waals surface area contributed by atoms with E-state index in [9.17, 15) is 31.1 Å². The molecule has 1 amide bonds. The van der Waals surface area contributed by atoms with E-state index < -0.39 is 23.5 Å². The highest BCUT2D eigenvalue weighted by atomic mass is 32.2. The lowest BCUT2D eigenvalue weighted by molar-refractivity contribution is -0.140. The Morgan fingerprint density at radius 2 is 1.55 bits per heavy atom. The van der Waals surface area contributed by atoms with E-state index in [4.69, 9.17) is 0 Å². The lowest BCUT2D eigenvalue weighted by Gasteiger charge is -2.36. The van der Waals surface area contributed by atoms with Crippen LogP contribution in [0.1, 0.15) is 36.8 Å². The Morgan fingerprint density at radius 3 is 2.12 bits per heavy atom. The zero-order valence-corrected chi connectivity index (χ0v) is 23.1. The van der Waals surface area contributed by atoms with Crippen LogP contribution in [0, 0.1) is 0 Å². The van der Waals surface area contributed by atoms with Gasteiger partial charge in [-0.3, -0.25) is 9.69 Å². The molecular weight excluding hydrogens is 554 g/mol. The average Bonchev–Trinajstić information content (AvgIpc) is 2.93. The molecule has 5 nitrogen and oxygen atoms in total. The summed E-state index contributed by atoms with van der Waals surface area (Å²) in [5.74, 6) is 0.0884. The average molecular weight is 589 g/mol. The van der Waals surface area contributed by atoms with Crippen molar-refractivity contribution in [3.8, 4) is 0 Å². The summed E-state index contributed by atoms with van der Waals surface area (Å²) < 4.78 is 78.5. The van der Waals surface area contributed by atoms with Crippen LogP contribution in [0.2, 0.25) is 0 Å². The fourth-order valence-electron chi connectivity index (χ4n) is 5.23. The van der Waals surface area contributed by atoms with Gasteiger partial charge in [-0.25, -0.2) is 0 Å². The van der Waals surface area contributed by atoms with E-state index in [-0.39, 0.29) is 16.8 Å². The highest BCUT2D eigenvalue weighted by Gasteiger charge is 2.34. The molecule has 4 rings (SSSR count). The number of hydrogen-bond acceptors (Lipinski definition) is 5. The van der Waals surface area contributed by atoms with Gasteiger partial charge in [-0.15, -0.1) is 11.8 Å². The number of likely N-dealkylation sites (tertiary alicyclic amines) is 1. The molecular formula is C28H34F6N4OS. The van der Waals surface area contributed by atoms with Crippen LogP contribution >= 0.6 is 11.8 Å². The number of anilines is 2. The highest BCUT2D eigenvalue weighted by Crippen LogP contribution is 2.38. The maximum atomic E-state index is 13.4. The molecule has 40 heavy (non-hydrogen) atoms. The normalized spacial score (nSPS) is 17.8. The van der Waals surface area contributed by atoms with Gasteiger partial charge < -0.3 is 15.1 Å². The number of carbonyl (C=O) groups is 1. The predicted octanol–water partition coefficient (Wildman–Crippen LogP) is 6.45. The summed E-state index contributed by atoms with van der Waals surface area (Å²) in [4.78, 5) is 19.1. The zero-order chi connectivity index (χ0) is 28.9. The van der Waals surface area contributed by atoms with Gasteiger partial charge in [0.15, 0.2) is 0 Å². The number of carbonyl (C=O) groups excluding carboxylic acids is 1. The third-order valence-corrected chi connectivity index (χ3v) is 8.32. The molecule has 220 valence electrons. The van der Waals surface area contributed by atoms with E-state index in [0.29, 0.717) is 51.1 Å². The molecule has 2 aromatic rings. The molecule has 0 atom stereocenters. The first-order valence-corrected chi connectivity index (χ1v) is 14.6. The number of hydrogen-bond donors (Lipinski definition) is 1. The van der Waals surface area contributed by atoms with Crippen LogP contribution in [-0.2, 0) is 17.1 Å². The van der Waals surface area contributed by atoms with Gasteiger partial charge in [-0.05, 0) is 74.5 Å². The molecule has 2 heterocycles. The van der Waals surface area contributed by atoms with E-state index in [2.05, 4.69) is 15.1 Å². The molecule has 2 aliphatic heterocycles. The second-order valence-electron chi connectivity index (χ2n) is 10.2. The summed E-state index contributed by atoms with van der Waals surface area (Å²) >= 11 is 1.07. The Bertz CT molecular complexity index is 1130. The number of benzene rings is 2. The van der Waals surface area contributed by atoms with Gasteiger partial charge >= 0.3 is 12.4 Å². The number of alkyl halides is 6. The summed E-state index contributed by atoms with van der Waals surface area (Å²) in [7, 11) is 0. The van der Waals surface area contributed by atoms with Crippen molar-refractivity contribution in [3.05, 3.63) is 53.6 Å². The van der Waals surface area contributed by atoms with Crippen LogP contribution in [-0.4, -0.2) is 73.8 Å². The molecule has 2 fully saturated rings. The van der Waals surface area contributed by atoms with Gasteiger partial charge in [-0.1, -0.05) is 0 Å². The Kier molecular flexibility index (Phi) is 9.81. The maximum absolute atomic E-state index is 13.4. The van der Waals surface area contributed by atoms with Gasteiger partial charge in [0.05, 0.1) is 11.1 Å². The topological polar surface area (TPSA) is 38.8 Å². The molecule has 2 aromatic carbocycles. The molecule has 0 radical (unpaired) electrons. The number of thioether (sulfide) groups is 1. The summed E-state index contributed by atoms with van der Waals surface area (Å²) in [6.07, 6.45) is -4.64. The first-order valence-electron chi connectivity index (χ1n) is 13.4. The number of piperidine rings is 1. The first-order chi connectivity index (χ1) is 18.9. The van der Waals surface area contributed by atoms with Crippen molar-refractivity contribution in [3.63, 3.8) is 0 Å². The van der Waals surface area contributed by atoms with Crippen LogP contribution in [0.5, 0.6) is 0 Å². The molecule has 0 aromatic heterocycles. The fraction of sp³-hybridized carbons (Fsp3) is 0.536. The standard InChI is InChI=1S/C28H34F6N4OS/c1-40-25-9-6-22(19-24(25)28(32,33)34)35-21-10-13-38(14-11-21)26(39)3-2-12-36-15-17-37(18-16-36)23-7-4-20(5-8-23)27(29,30)31/h4-9,19,21,35H,2-3,10-18H2,1H3. The smallest absolute Gasteiger partial charge is 0.382 e. The monoisotopic (exact) mass is 588 g/mol. The summed E-state index contributed by atoms with van der Waals surface area (Å²) in [6.45, 7) is 4.89. The Labute approximate surface area is 234 Å². The van der Waals surface area contributed by atoms with Crippen LogP contribution in [0.3, 0.4) is 0 Å². The van der Waals surface area contributed by atoms with Gasteiger partial charge in [0, 0.05) is 68.0 Å². The van der Waals surface area contributed by atoms with E-state index >= 15 is 0 Å². The van der Waals surface area contributed by atoms with Crippen molar-refractivity contribution in [2.45, 2.75) is 49.0 Å². The molecule has 0 aliphatic carbocycles. The van der Waals surface area contributed by atoms with E-state index in [1.807, 2.05) is 4.90 Å². The van der Waals surface area contributed by atoms with Crippen LogP contribution in [0.15, 0.2) is 47.4 Å². The minimum absolute atomic E-state index is 0.00576. The van der Waals surface area contributed by atoms with Gasteiger partial charge in [-0.2, -0.15) is 26.3 Å². The Hall–Kier alpha value is -2.60. The van der Waals surface area contributed by atoms with Crippen LogP contribution in [0.4, 0.5) is 37.7 Å². The maximum Gasteiger partial charge on any atom is 0.417 e. The number of nitrogens with zero attached hydrogens (tertiary/aromatic N) is 3. The molecule has 2 saturated heterocycles. The minimum atomic E-state index is -4.41. The van der Waals surface area contributed by atoms with E-state index in [0.717, 1.165) is 61.7 Å². The SMILES string of the molecule is CSc1ccc(NC2CCN(C(=O)CCCN3CCN(c4ccc(C(F)(F)F)cc4)CC3)CC2)cc1C(F)(F)F. The molecule has 0 saturated carbocycles. The molecule has 1 N–H and O–H groups in total. The fourth-order valence-corrected chi connectivity index (χ4v) is 5.83. The quantitative estimate of drug-likeness (QED) is 0.284. The molecule has 2 aliphatic rings. The van der Waals surface area contributed by atoms with Crippen molar-refractivity contribution >= 4 is 29.0 Å². The van der Waals surface area contributed by atoms with E-state index in [1.54, 1.807) is 12.3 Å². The predicted molar refractivity (Wildman–Crippen MR) is 146 cm³/mol.